The number of nitrogens with zero attached hydrogens (tertiary/aromatic N) is 2. The summed E-state index contributed by atoms with van der Waals surface area (Å²) in [6, 6.07) is 9.72. The number of fused-ring (bicyclic) bond motifs is 3. The van der Waals surface area contributed by atoms with E-state index in [-0.39, 0.29) is 0 Å². The summed E-state index contributed by atoms with van der Waals surface area (Å²) in [6.07, 6.45) is -3.46. The average molecular weight is 507 g/mol. The zero-order valence-electron chi connectivity index (χ0n) is 18.3. The number of halogens is 4. The molecule has 3 aromatic rings. The van der Waals surface area contributed by atoms with Crippen LogP contribution in [0.5, 0.6) is 5.75 Å². The molecular formula is C24H20F4N3O3S+. The fourth-order valence-corrected chi connectivity index (χ4v) is 5.68. The molecular weight excluding hydrogens is 486 g/mol. The summed E-state index contributed by atoms with van der Waals surface area (Å²) >= 11 is 1.47. The number of pyridine rings is 1. The third kappa shape index (κ3) is 3.88. The lowest BCUT2D eigenvalue weighted by atomic mass is 9.94. The normalized spacial score (nSPS) is 20.5. The Morgan fingerprint density at radius 1 is 1.11 bits per heavy atom. The molecule has 11 heteroatoms. The Hall–Kier alpha value is -3.31. The van der Waals surface area contributed by atoms with Crippen LogP contribution in [0.25, 0.3) is 0 Å². The molecule has 182 valence electrons. The molecule has 1 amide bonds. The summed E-state index contributed by atoms with van der Waals surface area (Å²) in [5.74, 6) is -1.94. The van der Waals surface area contributed by atoms with E-state index in [9.17, 15) is 32.3 Å². The molecule has 2 N–H and O–H groups in total. The van der Waals surface area contributed by atoms with Gasteiger partial charge in [-0.2, -0.15) is 13.2 Å². The Kier molecular flexibility index (Phi) is 5.64. The van der Waals surface area contributed by atoms with E-state index in [0.717, 1.165) is 29.0 Å². The minimum atomic E-state index is -4.72. The van der Waals surface area contributed by atoms with Gasteiger partial charge in [0.1, 0.15) is 11.9 Å². The van der Waals surface area contributed by atoms with Gasteiger partial charge in [0.05, 0.1) is 0 Å². The number of hydrogen-bond acceptors (Lipinski definition) is 5. The van der Waals surface area contributed by atoms with Crippen LogP contribution in [0.3, 0.4) is 0 Å². The number of benzene rings is 2. The molecule has 35 heavy (non-hydrogen) atoms. The quantitative estimate of drug-likeness (QED) is 0.524. The highest BCUT2D eigenvalue weighted by atomic mass is 32.2. The van der Waals surface area contributed by atoms with E-state index in [0.29, 0.717) is 11.3 Å². The van der Waals surface area contributed by atoms with E-state index in [4.69, 9.17) is 0 Å². The van der Waals surface area contributed by atoms with Crippen molar-refractivity contribution in [1.29, 1.82) is 0 Å². The summed E-state index contributed by atoms with van der Waals surface area (Å²) in [6.45, 7) is 0.443. The Balaban J connectivity index is 1.79. The first-order valence-corrected chi connectivity index (χ1v) is 11.7. The number of hydrogen-bond donors (Lipinski definition) is 2. The first-order chi connectivity index (χ1) is 16.6. The van der Waals surface area contributed by atoms with Gasteiger partial charge in [-0.05, 0) is 41.8 Å². The number of aromatic nitrogens is 1. The van der Waals surface area contributed by atoms with Crippen molar-refractivity contribution in [1.82, 2.24) is 4.68 Å². The third-order valence-corrected chi connectivity index (χ3v) is 7.62. The Morgan fingerprint density at radius 2 is 1.86 bits per heavy atom. The molecule has 0 saturated heterocycles. The van der Waals surface area contributed by atoms with Crippen LogP contribution in [0.15, 0.2) is 64.4 Å². The van der Waals surface area contributed by atoms with Crippen LogP contribution in [0.2, 0.25) is 0 Å². The Labute approximate surface area is 201 Å². The molecule has 0 saturated carbocycles. The maximum absolute atomic E-state index is 14.5. The molecule has 2 unspecified atom stereocenters. The lowest BCUT2D eigenvalue weighted by molar-refractivity contribution is -0.858. The van der Waals surface area contributed by atoms with Crippen LogP contribution in [0.1, 0.15) is 40.1 Å². The maximum atomic E-state index is 14.5. The van der Waals surface area contributed by atoms with Crippen molar-refractivity contribution in [3.05, 3.63) is 93.2 Å². The molecule has 0 bridgehead atoms. The maximum Gasteiger partial charge on any atom is 0.441 e. The molecule has 2 aromatic carbocycles. The van der Waals surface area contributed by atoms with Crippen LogP contribution in [-0.4, -0.2) is 34.6 Å². The minimum Gasteiger partial charge on any atom is -0.502 e. The van der Waals surface area contributed by atoms with Crippen LogP contribution >= 0.6 is 11.8 Å². The topological polar surface area (TPSA) is 67.0 Å². The summed E-state index contributed by atoms with van der Waals surface area (Å²) in [4.78, 5) is 25.6. The predicted octanol–water partition coefficient (Wildman–Crippen LogP) is 2.97. The highest BCUT2D eigenvalue weighted by Gasteiger charge is 2.51. The molecule has 0 spiro atoms. The van der Waals surface area contributed by atoms with Gasteiger partial charge in [-0.25, -0.2) is 18.8 Å². The van der Waals surface area contributed by atoms with Gasteiger partial charge in [-0.1, -0.05) is 24.3 Å². The Bertz CT molecular complexity index is 1390. The molecule has 0 aliphatic carbocycles. The van der Waals surface area contributed by atoms with Crippen LogP contribution in [0.4, 0.5) is 17.6 Å². The van der Waals surface area contributed by atoms with Gasteiger partial charge in [0.15, 0.2) is 18.5 Å². The number of thioether (sulfide) groups is 1. The molecule has 5 rings (SSSR count). The van der Waals surface area contributed by atoms with E-state index in [2.05, 4.69) is 0 Å². The number of carbonyl (C=O) groups is 1. The molecule has 3 heterocycles. The highest BCUT2D eigenvalue weighted by Crippen LogP contribution is 2.42. The summed E-state index contributed by atoms with van der Waals surface area (Å²) < 4.78 is 56.9. The van der Waals surface area contributed by atoms with Gasteiger partial charge in [0.2, 0.25) is 11.1 Å². The van der Waals surface area contributed by atoms with Gasteiger partial charge >= 0.3 is 12.1 Å². The molecule has 1 aromatic heterocycles. The number of alkyl halides is 3. The zero-order chi connectivity index (χ0) is 25.1. The fraction of sp³-hybridized carbons (Fsp3) is 0.250. The van der Waals surface area contributed by atoms with Crippen molar-refractivity contribution < 1.29 is 32.4 Å². The number of rotatable bonds is 2. The molecule has 3 atom stereocenters. The van der Waals surface area contributed by atoms with Crippen molar-refractivity contribution in [2.75, 3.05) is 11.7 Å². The minimum absolute atomic E-state index is 0.436. The SMILES string of the molecule is CC([NH+]1CN([C@H]2c3ccccc3CSc3ccc(F)cc32)n2ccc(=O)c(O)c2C1=O)C(F)(F)F. The van der Waals surface area contributed by atoms with E-state index in [1.165, 1.54) is 39.8 Å². The summed E-state index contributed by atoms with van der Waals surface area (Å²) in [5, 5.41) is 12.0. The lowest BCUT2D eigenvalue weighted by Crippen LogP contribution is -3.22. The number of amides is 1. The first-order valence-electron chi connectivity index (χ1n) is 10.8. The predicted molar refractivity (Wildman–Crippen MR) is 121 cm³/mol. The van der Waals surface area contributed by atoms with Crippen LogP contribution in [-0.2, 0) is 5.75 Å². The third-order valence-electron chi connectivity index (χ3n) is 6.48. The van der Waals surface area contributed by atoms with Crippen molar-refractivity contribution in [3.63, 3.8) is 0 Å². The van der Waals surface area contributed by atoms with E-state index in [1.54, 1.807) is 12.1 Å². The van der Waals surface area contributed by atoms with Gasteiger partial charge in [0, 0.05) is 22.9 Å². The van der Waals surface area contributed by atoms with Crippen molar-refractivity contribution in [2.24, 2.45) is 0 Å². The standard InChI is InChI=1S/C24H19F4N3O3S/c1-13(24(26,27)28)29-12-31(30-9-8-18(32)22(33)21(30)23(29)34)20-16-5-3-2-4-14(16)11-35-19-7-6-15(25)10-17(19)20/h2-10,13,20,33H,11-12H2,1H3/p+1/t13?,20-/m0/s1. The van der Waals surface area contributed by atoms with Crippen molar-refractivity contribution >= 4 is 17.7 Å². The number of quaternary nitrogens is 1. The number of carbonyl (C=O) groups excluding carboxylic acids is 1. The molecule has 0 radical (unpaired) electrons. The van der Waals surface area contributed by atoms with Gasteiger partial charge in [0.25, 0.3) is 0 Å². The summed E-state index contributed by atoms with van der Waals surface area (Å²) in [5.41, 5.74) is 0.712. The number of nitrogens with one attached hydrogen (secondary N) is 1. The molecule has 2 aliphatic heterocycles. The first kappa shape index (κ1) is 23.4. The van der Waals surface area contributed by atoms with E-state index in [1.807, 2.05) is 18.2 Å². The van der Waals surface area contributed by atoms with E-state index < -0.39 is 58.4 Å². The average Bonchev–Trinajstić information content (AvgIpc) is 2.97. The van der Waals surface area contributed by atoms with Crippen LogP contribution < -0.4 is 15.3 Å². The van der Waals surface area contributed by atoms with Crippen LogP contribution in [0, 0.1) is 5.82 Å². The fourth-order valence-electron chi connectivity index (χ4n) is 4.61. The second kappa shape index (κ2) is 8.42. The smallest absolute Gasteiger partial charge is 0.441 e. The zero-order valence-corrected chi connectivity index (χ0v) is 19.2. The van der Waals surface area contributed by atoms with Crippen molar-refractivity contribution in [3.8, 4) is 5.75 Å². The lowest BCUT2D eigenvalue weighted by Gasteiger charge is -2.42. The molecule has 2 aliphatic rings. The van der Waals surface area contributed by atoms with Crippen molar-refractivity contribution in [2.45, 2.75) is 35.8 Å². The second-order valence-electron chi connectivity index (χ2n) is 8.51. The molecule has 0 fully saturated rings. The Morgan fingerprint density at radius 3 is 2.60 bits per heavy atom. The second-order valence-corrected chi connectivity index (χ2v) is 9.53. The van der Waals surface area contributed by atoms with Gasteiger partial charge in [-0.3, -0.25) is 9.80 Å². The van der Waals surface area contributed by atoms with E-state index >= 15 is 0 Å². The highest BCUT2D eigenvalue weighted by molar-refractivity contribution is 7.98. The largest absolute Gasteiger partial charge is 0.502 e. The summed E-state index contributed by atoms with van der Waals surface area (Å²) in [7, 11) is 0. The molecule has 6 nitrogen and oxygen atoms in total. The monoisotopic (exact) mass is 506 g/mol. The van der Waals surface area contributed by atoms with Gasteiger partial charge in [-0.15, -0.1) is 11.8 Å². The van der Waals surface area contributed by atoms with Gasteiger partial charge < -0.3 is 5.11 Å². The number of aromatic hydroxyl groups is 1.